The summed E-state index contributed by atoms with van der Waals surface area (Å²) in [5.74, 6) is 0.390. The average Bonchev–Trinajstić information content (AvgIpc) is 2.23. The van der Waals surface area contributed by atoms with Crippen molar-refractivity contribution in [2.24, 2.45) is 0 Å². The lowest BCUT2D eigenvalue weighted by molar-refractivity contribution is -0.896. The van der Waals surface area contributed by atoms with Crippen molar-refractivity contribution in [1.82, 2.24) is 4.90 Å². The van der Waals surface area contributed by atoms with Gasteiger partial charge in [-0.05, 0) is 19.8 Å². The van der Waals surface area contributed by atoms with Crippen molar-refractivity contribution in [2.75, 3.05) is 33.7 Å². The first kappa shape index (κ1) is 11.9. The van der Waals surface area contributed by atoms with Gasteiger partial charge in [0.05, 0.1) is 32.7 Å². The van der Waals surface area contributed by atoms with E-state index in [4.69, 9.17) is 0 Å². The Morgan fingerprint density at radius 1 is 1.25 bits per heavy atom. The lowest BCUT2D eigenvalue weighted by Gasteiger charge is -2.52. The van der Waals surface area contributed by atoms with Crippen LogP contribution in [0.25, 0.3) is 0 Å². The second kappa shape index (κ2) is 4.02. The zero-order chi connectivity index (χ0) is 11.8. The molecule has 3 heteroatoms. The molecule has 0 aromatic rings. The molecule has 0 aromatic carbocycles. The Kier molecular flexibility index (Phi) is 2.99. The van der Waals surface area contributed by atoms with Gasteiger partial charge >= 0.3 is 0 Å². The fraction of sp³-hybridized carbons (Fsp3) is 0.923. The zero-order valence-corrected chi connectivity index (χ0v) is 11.0. The molecular weight excluding hydrogens is 200 g/mol. The predicted octanol–water partition coefficient (Wildman–Crippen LogP) is 1.63. The third-order valence-electron chi connectivity index (χ3n) is 4.59. The molecule has 16 heavy (non-hydrogen) atoms. The lowest BCUT2D eigenvalue weighted by atomic mass is 9.78. The maximum Gasteiger partial charge on any atom is 0.223 e. The van der Waals surface area contributed by atoms with Crippen LogP contribution in [-0.2, 0) is 4.79 Å². The molecule has 0 N–H and O–H groups in total. The molecule has 2 heterocycles. The van der Waals surface area contributed by atoms with Crippen LogP contribution in [0.1, 0.15) is 39.0 Å². The highest BCUT2D eigenvalue weighted by molar-refractivity contribution is 5.78. The van der Waals surface area contributed by atoms with Crippen molar-refractivity contribution in [2.45, 2.75) is 44.6 Å². The van der Waals surface area contributed by atoms with Gasteiger partial charge in [0.2, 0.25) is 5.91 Å². The fourth-order valence-electron chi connectivity index (χ4n) is 3.39. The topological polar surface area (TPSA) is 20.3 Å². The zero-order valence-electron chi connectivity index (χ0n) is 11.0. The summed E-state index contributed by atoms with van der Waals surface area (Å²) in [4.78, 5) is 14.2. The summed E-state index contributed by atoms with van der Waals surface area (Å²) in [6.45, 7) is 5.44. The number of hydrogen-bond acceptors (Lipinski definition) is 1. The third-order valence-corrected chi connectivity index (χ3v) is 4.59. The normalized spacial score (nSPS) is 28.4. The van der Waals surface area contributed by atoms with Gasteiger partial charge in [-0.1, -0.05) is 0 Å². The number of quaternary nitrogens is 1. The van der Waals surface area contributed by atoms with Crippen molar-refractivity contribution in [3.63, 3.8) is 0 Å². The first-order valence-corrected chi connectivity index (χ1v) is 6.62. The molecule has 1 spiro atoms. The minimum absolute atomic E-state index is 0.220. The van der Waals surface area contributed by atoms with Crippen LogP contribution in [0.15, 0.2) is 0 Å². The average molecular weight is 225 g/mol. The molecular formula is C13H25N2O+. The Morgan fingerprint density at radius 3 is 2.44 bits per heavy atom. The Morgan fingerprint density at radius 2 is 1.88 bits per heavy atom. The van der Waals surface area contributed by atoms with Crippen LogP contribution >= 0.6 is 0 Å². The largest absolute Gasteiger partial charge is 0.337 e. The van der Waals surface area contributed by atoms with E-state index in [1.165, 1.54) is 32.4 Å². The summed E-state index contributed by atoms with van der Waals surface area (Å²) in [5.41, 5.74) is 0.220. The first-order chi connectivity index (χ1) is 7.49. The number of carbonyl (C=O) groups is 1. The molecule has 2 aliphatic rings. The minimum atomic E-state index is 0.220. The van der Waals surface area contributed by atoms with Gasteiger partial charge < -0.3 is 9.38 Å². The molecule has 0 radical (unpaired) electrons. The summed E-state index contributed by atoms with van der Waals surface area (Å²) in [6.07, 6.45) is 5.49. The molecule has 0 atom stereocenters. The molecule has 3 nitrogen and oxygen atoms in total. The van der Waals surface area contributed by atoms with Gasteiger partial charge in [-0.2, -0.15) is 0 Å². The van der Waals surface area contributed by atoms with Crippen LogP contribution in [0.4, 0.5) is 0 Å². The SMILES string of the molecule is CCN1C(=O)CCCC12CC[N+](C)(C)CC2. The van der Waals surface area contributed by atoms with Crippen LogP contribution in [0.3, 0.4) is 0 Å². The summed E-state index contributed by atoms with van der Waals surface area (Å²) in [6, 6.07) is 0. The number of piperidine rings is 2. The smallest absolute Gasteiger partial charge is 0.223 e. The van der Waals surface area contributed by atoms with E-state index in [0.29, 0.717) is 5.91 Å². The molecule has 0 saturated carbocycles. The third kappa shape index (κ3) is 1.97. The fourth-order valence-corrected chi connectivity index (χ4v) is 3.39. The summed E-state index contributed by atoms with van der Waals surface area (Å²) in [7, 11) is 4.60. The summed E-state index contributed by atoms with van der Waals surface area (Å²) >= 11 is 0. The molecule has 2 saturated heterocycles. The number of likely N-dealkylation sites (tertiary alicyclic amines) is 2. The van der Waals surface area contributed by atoms with Gasteiger partial charge in [0.15, 0.2) is 0 Å². The van der Waals surface area contributed by atoms with Crippen LogP contribution in [0.2, 0.25) is 0 Å². The van der Waals surface area contributed by atoms with Gasteiger partial charge in [-0.15, -0.1) is 0 Å². The Hall–Kier alpha value is -0.570. The van der Waals surface area contributed by atoms with E-state index in [2.05, 4.69) is 25.9 Å². The maximum absolute atomic E-state index is 12.0. The van der Waals surface area contributed by atoms with Crippen LogP contribution in [0.5, 0.6) is 0 Å². The minimum Gasteiger partial charge on any atom is -0.337 e. The summed E-state index contributed by atoms with van der Waals surface area (Å²) in [5, 5.41) is 0. The van der Waals surface area contributed by atoms with Crippen molar-refractivity contribution in [1.29, 1.82) is 0 Å². The number of amides is 1. The van der Waals surface area contributed by atoms with E-state index in [1.54, 1.807) is 0 Å². The highest BCUT2D eigenvalue weighted by Gasteiger charge is 2.46. The Bertz CT molecular complexity index is 276. The van der Waals surface area contributed by atoms with Gasteiger partial charge in [0.25, 0.3) is 0 Å². The number of carbonyl (C=O) groups excluding carboxylic acids is 1. The number of hydrogen-bond donors (Lipinski definition) is 0. The van der Waals surface area contributed by atoms with E-state index in [1.807, 2.05) is 0 Å². The molecule has 0 aliphatic carbocycles. The van der Waals surface area contributed by atoms with Crippen molar-refractivity contribution >= 4 is 5.91 Å². The number of rotatable bonds is 1. The highest BCUT2D eigenvalue weighted by atomic mass is 16.2. The number of nitrogens with zero attached hydrogens (tertiary/aromatic N) is 2. The first-order valence-electron chi connectivity index (χ1n) is 6.62. The second-order valence-electron chi connectivity index (χ2n) is 6.10. The van der Waals surface area contributed by atoms with Crippen molar-refractivity contribution in [3.05, 3.63) is 0 Å². The van der Waals surface area contributed by atoms with Crippen LogP contribution in [0, 0.1) is 0 Å². The van der Waals surface area contributed by atoms with Gasteiger partial charge in [0, 0.05) is 25.8 Å². The van der Waals surface area contributed by atoms with Crippen LogP contribution in [-0.4, -0.2) is 54.6 Å². The van der Waals surface area contributed by atoms with Crippen molar-refractivity contribution < 1.29 is 9.28 Å². The Labute approximate surface area is 99.0 Å². The van der Waals surface area contributed by atoms with Gasteiger partial charge in [-0.25, -0.2) is 0 Å². The molecule has 0 bridgehead atoms. The molecule has 2 rings (SSSR count). The maximum atomic E-state index is 12.0. The standard InChI is InChI=1S/C13H25N2O/c1-4-14-12(16)6-5-7-13(14)8-10-15(2,3)11-9-13/h4-11H2,1-3H3/q+1. The highest BCUT2D eigenvalue weighted by Crippen LogP contribution is 2.38. The monoisotopic (exact) mass is 225 g/mol. The summed E-state index contributed by atoms with van der Waals surface area (Å²) < 4.78 is 1.12. The van der Waals surface area contributed by atoms with E-state index < -0.39 is 0 Å². The van der Waals surface area contributed by atoms with E-state index in [0.717, 1.165) is 23.9 Å². The molecule has 92 valence electrons. The quantitative estimate of drug-likeness (QED) is 0.621. The van der Waals surface area contributed by atoms with E-state index in [9.17, 15) is 4.79 Å². The lowest BCUT2D eigenvalue weighted by Crippen LogP contribution is -2.62. The van der Waals surface area contributed by atoms with Gasteiger partial charge in [-0.3, -0.25) is 4.79 Å². The van der Waals surface area contributed by atoms with E-state index >= 15 is 0 Å². The van der Waals surface area contributed by atoms with Gasteiger partial charge in [0.1, 0.15) is 0 Å². The van der Waals surface area contributed by atoms with Crippen LogP contribution < -0.4 is 0 Å². The molecule has 2 fully saturated rings. The molecule has 0 unspecified atom stereocenters. The molecule has 2 aliphatic heterocycles. The predicted molar refractivity (Wildman–Crippen MR) is 65.0 cm³/mol. The second-order valence-corrected chi connectivity index (χ2v) is 6.10. The van der Waals surface area contributed by atoms with Crippen molar-refractivity contribution in [3.8, 4) is 0 Å². The molecule has 0 aromatic heterocycles. The Balaban J connectivity index is 2.14. The molecule has 1 amide bonds. The van der Waals surface area contributed by atoms with E-state index in [-0.39, 0.29) is 5.54 Å².